The average Bonchev–Trinajstić information content (AvgIpc) is 3.02. The fourth-order valence-corrected chi connectivity index (χ4v) is 4.99. The highest BCUT2D eigenvalue weighted by atomic mass is 35.5. The zero-order valence-corrected chi connectivity index (χ0v) is 17.3. The summed E-state index contributed by atoms with van der Waals surface area (Å²) in [6.07, 6.45) is 1.03. The largest absolute Gasteiger partial charge is 0.325 e. The van der Waals surface area contributed by atoms with Crippen molar-refractivity contribution in [1.29, 1.82) is 0 Å². The summed E-state index contributed by atoms with van der Waals surface area (Å²) in [6.45, 7) is 6.24. The lowest BCUT2D eigenvalue weighted by Gasteiger charge is -2.17. The number of aromatic nitrogens is 1. The minimum atomic E-state index is -0.240. The number of hydrogen-bond acceptors (Lipinski definition) is 4. The first kappa shape index (κ1) is 19.2. The Morgan fingerprint density at radius 2 is 2.04 bits per heavy atom. The van der Waals surface area contributed by atoms with Crippen molar-refractivity contribution in [2.24, 2.45) is 0 Å². The number of hydrogen-bond donors (Lipinski definition) is 1. The minimum absolute atomic E-state index is 0.0111. The van der Waals surface area contributed by atoms with Crippen molar-refractivity contribution in [3.63, 3.8) is 0 Å². The molecule has 0 saturated carbocycles. The maximum Gasteiger partial charge on any atom is 0.237 e. The van der Waals surface area contributed by atoms with Gasteiger partial charge in [-0.1, -0.05) is 55.4 Å². The van der Waals surface area contributed by atoms with Gasteiger partial charge in [0.2, 0.25) is 5.91 Å². The Morgan fingerprint density at radius 1 is 1.27 bits per heavy atom. The lowest BCUT2D eigenvalue weighted by atomic mass is 9.97. The van der Waals surface area contributed by atoms with Crippen LogP contribution >= 0.6 is 34.7 Å². The Labute approximate surface area is 167 Å². The Balaban J connectivity index is 1.71. The van der Waals surface area contributed by atoms with Crippen LogP contribution in [0.1, 0.15) is 38.7 Å². The maximum atomic E-state index is 12.7. The highest BCUT2D eigenvalue weighted by Crippen LogP contribution is 2.34. The Kier molecular flexibility index (Phi) is 6.22. The van der Waals surface area contributed by atoms with Gasteiger partial charge in [0.1, 0.15) is 0 Å². The second kappa shape index (κ2) is 8.42. The molecule has 0 saturated heterocycles. The molecule has 0 aliphatic carbocycles. The van der Waals surface area contributed by atoms with Gasteiger partial charge in [-0.15, -0.1) is 11.3 Å². The van der Waals surface area contributed by atoms with E-state index in [1.807, 2.05) is 43.3 Å². The number of carbonyl (C=O) groups is 1. The van der Waals surface area contributed by atoms with Gasteiger partial charge in [-0.3, -0.25) is 4.79 Å². The first-order valence-electron chi connectivity index (χ1n) is 8.60. The summed E-state index contributed by atoms with van der Waals surface area (Å²) in [5.41, 5.74) is 2.95. The van der Waals surface area contributed by atoms with Crippen molar-refractivity contribution < 1.29 is 4.79 Å². The number of thiazole rings is 1. The first-order chi connectivity index (χ1) is 12.5. The molecule has 3 nitrogen and oxygen atoms in total. The van der Waals surface area contributed by atoms with E-state index in [0.29, 0.717) is 10.9 Å². The molecule has 0 aliphatic rings. The van der Waals surface area contributed by atoms with Crippen molar-refractivity contribution in [1.82, 2.24) is 4.98 Å². The molecule has 0 unspecified atom stereocenters. The van der Waals surface area contributed by atoms with Crippen molar-refractivity contribution in [2.45, 2.75) is 42.7 Å². The van der Waals surface area contributed by atoms with Gasteiger partial charge in [-0.05, 0) is 49.1 Å². The van der Waals surface area contributed by atoms with E-state index in [9.17, 15) is 4.79 Å². The molecule has 136 valence electrons. The van der Waals surface area contributed by atoms with Crippen LogP contribution in [0.15, 0.2) is 46.8 Å². The molecule has 0 radical (unpaired) electrons. The van der Waals surface area contributed by atoms with Crippen LogP contribution in [0.25, 0.3) is 10.2 Å². The molecule has 1 amide bonds. The van der Waals surface area contributed by atoms with Crippen LogP contribution in [0.3, 0.4) is 0 Å². The van der Waals surface area contributed by atoms with Crippen LogP contribution in [0.5, 0.6) is 0 Å². The topological polar surface area (TPSA) is 42.0 Å². The van der Waals surface area contributed by atoms with Gasteiger partial charge >= 0.3 is 0 Å². The van der Waals surface area contributed by atoms with Gasteiger partial charge in [0.25, 0.3) is 0 Å². The van der Waals surface area contributed by atoms with E-state index in [1.165, 1.54) is 17.3 Å². The fraction of sp³-hybridized carbons (Fsp3) is 0.300. The van der Waals surface area contributed by atoms with E-state index in [2.05, 4.69) is 30.2 Å². The fourth-order valence-electron chi connectivity index (χ4n) is 2.63. The van der Waals surface area contributed by atoms with E-state index >= 15 is 0 Å². The second-order valence-electron chi connectivity index (χ2n) is 6.24. The molecule has 26 heavy (non-hydrogen) atoms. The number of fused-ring (bicyclic) bond motifs is 1. The van der Waals surface area contributed by atoms with Gasteiger partial charge in [0, 0.05) is 10.7 Å². The smallest absolute Gasteiger partial charge is 0.237 e. The zero-order valence-electron chi connectivity index (χ0n) is 15.0. The molecule has 0 spiro atoms. The lowest BCUT2D eigenvalue weighted by Crippen LogP contribution is -2.23. The van der Waals surface area contributed by atoms with Gasteiger partial charge in [0.15, 0.2) is 4.34 Å². The van der Waals surface area contributed by atoms with Crippen LogP contribution < -0.4 is 5.32 Å². The standard InChI is InChI=1S/C20H21ClN2OS2/c1-4-12(2)15-7-5-6-8-16(15)22-19(24)13(3)25-20-23-17-11-14(21)9-10-18(17)26-20/h5-13H,4H2,1-3H3,(H,22,24)/t12-,13-/m0/s1. The summed E-state index contributed by atoms with van der Waals surface area (Å²) in [7, 11) is 0. The Morgan fingerprint density at radius 3 is 2.81 bits per heavy atom. The summed E-state index contributed by atoms with van der Waals surface area (Å²) in [5.74, 6) is 0.395. The molecule has 2 atom stereocenters. The number of halogens is 1. The normalized spacial score (nSPS) is 13.5. The van der Waals surface area contributed by atoms with Crippen molar-refractivity contribution >= 4 is 56.5 Å². The second-order valence-corrected chi connectivity index (χ2v) is 9.29. The van der Waals surface area contributed by atoms with E-state index < -0.39 is 0 Å². The predicted octanol–water partition coefficient (Wildman–Crippen LogP) is 6.58. The monoisotopic (exact) mass is 404 g/mol. The molecule has 1 aromatic heterocycles. The van der Waals surface area contributed by atoms with Gasteiger partial charge < -0.3 is 5.32 Å². The van der Waals surface area contributed by atoms with Gasteiger partial charge in [-0.2, -0.15) is 0 Å². The number of anilines is 1. The molecule has 2 aromatic carbocycles. The molecule has 0 fully saturated rings. The van der Waals surface area contributed by atoms with Crippen LogP contribution in [0.2, 0.25) is 5.02 Å². The van der Waals surface area contributed by atoms with Gasteiger partial charge in [-0.25, -0.2) is 4.98 Å². The third kappa shape index (κ3) is 4.40. The van der Waals surface area contributed by atoms with Crippen molar-refractivity contribution in [2.75, 3.05) is 5.32 Å². The summed E-state index contributed by atoms with van der Waals surface area (Å²) >= 11 is 9.08. The van der Waals surface area contributed by atoms with Crippen LogP contribution in [0, 0.1) is 0 Å². The van der Waals surface area contributed by atoms with Crippen molar-refractivity contribution in [3.05, 3.63) is 53.1 Å². The molecule has 1 N–H and O–H groups in total. The molecular weight excluding hydrogens is 384 g/mol. The molecule has 0 bridgehead atoms. The van der Waals surface area contributed by atoms with Crippen LogP contribution in [-0.2, 0) is 4.79 Å². The first-order valence-corrected chi connectivity index (χ1v) is 10.7. The SMILES string of the molecule is CC[C@H](C)c1ccccc1NC(=O)[C@H](C)Sc1nc2cc(Cl)ccc2s1. The average molecular weight is 405 g/mol. The van der Waals surface area contributed by atoms with Gasteiger partial charge in [0.05, 0.1) is 15.5 Å². The summed E-state index contributed by atoms with van der Waals surface area (Å²) in [4.78, 5) is 17.3. The number of para-hydroxylation sites is 1. The Hall–Kier alpha value is -1.56. The number of nitrogens with one attached hydrogen (secondary N) is 1. The maximum absolute atomic E-state index is 12.7. The van der Waals surface area contributed by atoms with E-state index in [1.54, 1.807) is 11.3 Å². The van der Waals surface area contributed by atoms with E-state index in [-0.39, 0.29) is 11.2 Å². The molecule has 6 heteroatoms. The lowest BCUT2D eigenvalue weighted by molar-refractivity contribution is -0.115. The number of benzene rings is 2. The number of rotatable bonds is 6. The molecule has 1 heterocycles. The zero-order chi connectivity index (χ0) is 18.7. The third-order valence-electron chi connectivity index (χ3n) is 4.34. The van der Waals surface area contributed by atoms with Crippen LogP contribution in [0.4, 0.5) is 5.69 Å². The molecular formula is C20H21ClN2OS2. The molecule has 3 aromatic rings. The summed E-state index contributed by atoms with van der Waals surface area (Å²) in [6, 6.07) is 13.7. The van der Waals surface area contributed by atoms with E-state index in [4.69, 9.17) is 11.6 Å². The minimum Gasteiger partial charge on any atom is -0.325 e. The Bertz CT molecular complexity index is 925. The number of thioether (sulfide) groups is 1. The number of nitrogens with zero attached hydrogens (tertiary/aromatic N) is 1. The number of amides is 1. The van der Waals surface area contributed by atoms with Crippen molar-refractivity contribution in [3.8, 4) is 0 Å². The predicted molar refractivity (Wildman–Crippen MR) is 114 cm³/mol. The van der Waals surface area contributed by atoms with E-state index in [0.717, 1.165) is 26.7 Å². The summed E-state index contributed by atoms with van der Waals surface area (Å²) in [5, 5.41) is 3.52. The van der Waals surface area contributed by atoms with Crippen LogP contribution in [-0.4, -0.2) is 16.1 Å². The highest BCUT2D eigenvalue weighted by Gasteiger charge is 2.19. The molecule has 0 aliphatic heterocycles. The highest BCUT2D eigenvalue weighted by molar-refractivity contribution is 8.02. The quantitative estimate of drug-likeness (QED) is 0.471. The molecule has 3 rings (SSSR count). The summed E-state index contributed by atoms with van der Waals surface area (Å²) < 4.78 is 1.95. The number of carbonyl (C=O) groups excluding carboxylic acids is 1. The third-order valence-corrected chi connectivity index (χ3v) is 6.80.